The van der Waals surface area contributed by atoms with Crippen LogP contribution in [-0.4, -0.2) is 43.5 Å². The van der Waals surface area contributed by atoms with Crippen LogP contribution in [0.25, 0.3) is 0 Å². The van der Waals surface area contributed by atoms with Crippen molar-refractivity contribution in [3.8, 4) is 0 Å². The van der Waals surface area contributed by atoms with Gasteiger partial charge in [-0.2, -0.15) is 0 Å². The fraction of sp³-hybridized carbons (Fsp3) is 0.562. The molecular weight excluding hydrogens is 269 g/mol. The summed E-state index contributed by atoms with van der Waals surface area (Å²) >= 11 is 0. The van der Waals surface area contributed by atoms with Crippen LogP contribution in [0.2, 0.25) is 0 Å². The highest BCUT2D eigenvalue weighted by atomic mass is 19.1. The monoisotopic (exact) mass is 291 g/mol. The molecule has 1 spiro atoms. The molecule has 0 radical (unpaired) electrons. The van der Waals surface area contributed by atoms with E-state index < -0.39 is 0 Å². The topological polar surface area (TPSA) is 58.4 Å². The first-order valence-corrected chi connectivity index (χ1v) is 7.62. The molecule has 0 saturated carbocycles. The SMILES string of the molecule is NCCN1CCC2(CC1)C(=O)NCC2c1ccc(F)cc1. The van der Waals surface area contributed by atoms with E-state index in [-0.39, 0.29) is 23.1 Å². The number of carbonyl (C=O) groups is 1. The average molecular weight is 291 g/mol. The van der Waals surface area contributed by atoms with E-state index in [1.807, 2.05) is 12.1 Å². The Morgan fingerprint density at radius 2 is 1.95 bits per heavy atom. The van der Waals surface area contributed by atoms with Gasteiger partial charge in [-0.05, 0) is 43.6 Å². The maximum atomic E-state index is 13.1. The molecule has 114 valence electrons. The molecule has 21 heavy (non-hydrogen) atoms. The van der Waals surface area contributed by atoms with E-state index in [9.17, 15) is 9.18 Å². The number of rotatable bonds is 3. The Morgan fingerprint density at radius 1 is 1.29 bits per heavy atom. The van der Waals surface area contributed by atoms with E-state index in [1.54, 1.807) is 0 Å². The van der Waals surface area contributed by atoms with Crippen LogP contribution in [0.15, 0.2) is 24.3 Å². The van der Waals surface area contributed by atoms with Crippen LogP contribution >= 0.6 is 0 Å². The summed E-state index contributed by atoms with van der Waals surface area (Å²) in [6, 6.07) is 6.59. The quantitative estimate of drug-likeness (QED) is 0.876. The number of nitrogens with one attached hydrogen (secondary N) is 1. The van der Waals surface area contributed by atoms with Crippen molar-refractivity contribution >= 4 is 5.91 Å². The van der Waals surface area contributed by atoms with E-state index in [1.165, 1.54) is 12.1 Å². The molecule has 2 saturated heterocycles. The lowest BCUT2D eigenvalue weighted by molar-refractivity contribution is -0.130. The molecule has 2 fully saturated rings. The van der Waals surface area contributed by atoms with E-state index in [0.717, 1.165) is 38.0 Å². The Kier molecular flexibility index (Phi) is 3.95. The minimum Gasteiger partial charge on any atom is -0.355 e. The van der Waals surface area contributed by atoms with Gasteiger partial charge in [-0.15, -0.1) is 0 Å². The molecule has 1 aromatic carbocycles. The highest BCUT2D eigenvalue weighted by Gasteiger charge is 2.51. The van der Waals surface area contributed by atoms with Crippen LogP contribution in [0.4, 0.5) is 4.39 Å². The number of halogens is 1. The summed E-state index contributed by atoms with van der Waals surface area (Å²) < 4.78 is 13.1. The van der Waals surface area contributed by atoms with Gasteiger partial charge in [0.2, 0.25) is 5.91 Å². The molecule has 3 N–H and O–H groups in total. The zero-order valence-corrected chi connectivity index (χ0v) is 12.1. The summed E-state index contributed by atoms with van der Waals surface area (Å²) in [6.45, 7) is 4.01. The Bertz CT molecular complexity index is 509. The summed E-state index contributed by atoms with van der Waals surface area (Å²) in [7, 11) is 0. The predicted octanol–water partition coefficient (Wildman–Crippen LogP) is 1.08. The first-order chi connectivity index (χ1) is 10.2. The number of hydrogen-bond donors (Lipinski definition) is 2. The molecule has 0 aromatic heterocycles. The van der Waals surface area contributed by atoms with Crippen molar-refractivity contribution in [2.24, 2.45) is 11.1 Å². The highest BCUT2D eigenvalue weighted by molar-refractivity contribution is 5.86. The molecule has 0 bridgehead atoms. The predicted molar refractivity (Wildman–Crippen MR) is 79.3 cm³/mol. The van der Waals surface area contributed by atoms with Gasteiger partial charge < -0.3 is 16.0 Å². The van der Waals surface area contributed by atoms with E-state index in [0.29, 0.717) is 13.1 Å². The number of nitrogens with two attached hydrogens (primary N) is 1. The van der Waals surface area contributed by atoms with E-state index in [2.05, 4.69) is 10.2 Å². The molecule has 2 heterocycles. The van der Waals surface area contributed by atoms with Gasteiger partial charge in [0, 0.05) is 25.6 Å². The Hall–Kier alpha value is -1.46. The summed E-state index contributed by atoms with van der Waals surface area (Å²) in [4.78, 5) is 14.8. The third-order valence-electron chi connectivity index (χ3n) is 5.05. The molecule has 4 nitrogen and oxygen atoms in total. The second kappa shape index (κ2) is 5.73. The van der Waals surface area contributed by atoms with Gasteiger partial charge in [0.25, 0.3) is 0 Å². The first kappa shape index (κ1) is 14.5. The minimum absolute atomic E-state index is 0.144. The van der Waals surface area contributed by atoms with Crippen LogP contribution in [0.3, 0.4) is 0 Å². The lowest BCUT2D eigenvalue weighted by atomic mass is 9.68. The van der Waals surface area contributed by atoms with Gasteiger partial charge in [-0.3, -0.25) is 4.79 Å². The lowest BCUT2D eigenvalue weighted by Crippen LogP contribution is -2.47. The maximum Gasteiger partial charge on any atom is 0.227 e. The third-order valence-corrected chi connectivity index (χ3v) is 5.05. The molecule has 1 aromatic rings. The van der Waals surface area contributed by atoms with Crippen molar-refractivity contribution in [1.82, 2.24) is 10.2 Å². The fourth-order valence-electron chi connectivity index (χ4n) is 3.79. The second-order valence-corrected chi connectivity index (χ2v) is 6.10. The molecular formula is C16H22FN3O. The Balaban J connectivity index is 1.81. The second-order valence-electron chi connectivity index (χ2n) is 6.10. The van der Waals surface area contributed by atoms with Crippen molar-refractivity contribution in [3.63, 3.8) is 0 Å². The van der Waals surface area contributed by atoms with E-state index in [4.69, 9.17) is 5.73 Å². The van der Waals surface area contributed by atoms with Crippen LogP contribution in [0.5, 0.6) is 0 Å². The van der Waals surface area contributed by atoms with Gasteiger partial charge in [0.1, 0.15) is 5.82 Å². The number of hydrogen-bond acceptors (Lipinski definition) is 3. The average Bonchev–Trinajstić information content (AvgIpc) is 2.80. The molecule has 2 aliphatic heterocycles. The van der Waals surface area contributed by atoms with Gasteiger partial charge in [-0.25, -0.2) is 4.39 Å². The number of piperidine rings is 1. The smallest absolute Gasteiger partial charge is 0.227 e. The molecule has 5 heteroatoms. The van der Waals surface area contributed by atoms with Crippen molar-refractivity contribution in [3.05, 3.63) is 35.6 Å². The van der Waals surface area contributed by atoms with Crippen molar-refractivity contribution in [2.45, 2.75) is 18.8 Å². The Labute approximate surface area is 124 Å². The largest absolute Gasteiger partial charge is 0.355 e. The van der Waals surface area contributed by atoms with Gasteiger partial charge in [0.05, 0.1) is 5.41 Å². The van der Waals surface area contributed by atoms with Crippen LogP contribution in [0, 0.1) is 11.2 Å². The number of nitrogens with zero attached hydrogens (tertiary/aromatic N) is 1. The number of benzene rings is 1. The summed E-state index contributed by atoms with van der Waals surface area (Å²) in [5.74, 6) is 0.0673. The lowest BCUT2D eigenvalue weighted by Gasteiger charge is -2.41. The zero-order chi connectivity index (χ0) is 14.9. The van der Waals surface area contributed by atoms with Crippen molar-refractivity contribution < 1.29 is 9.18 Å². The van der Waals surface area contributed by atoms with Crippen LogP contribution in [0.1, 0.15) is 24.3 Å². The third kappa shape index (κ3) is 2.56. The molecule has 1 amide bonds. The minimum atomic E-state index is -0.330. The van der Waals surface area contributed by atoms with Crippen LogP contribution in [-0.2, 0) is 4.79 Å². The highest BCUT2D eigenvalue weighted by Crippen LogP contribution is 2.47. The van der Waals surface area contributed by atoms with Crippen LogP contribution < -0.4 is 11.1 Å². The summed E-state index contributed by atoms with van der Waals surface area (Å²) in [6.07, 6.45) is 1.70. The summed E-state index contributed by atoms with van der Waals surface area (Å²) in [5, 5.41) is 3.01. The number of carbonyl (C=O) groups excluding carboxylic acids is 1. The summed E-state index contributed by atoms with van der Waals surface area (Å²) in [5.41, 5.74) is 6.33. The normalized spacial score (nSPS) is 25.2. The zero-order valence-electron chi connectivity index (χ0n) is 12.1. The van der Waals surface area contributed by atoms with Gasteiger partial charge in [-0.1, -0.05) is 12.1 Å². The molecule has 2 aliphatic rings. The molecule has 1 atom stereocenters. The fourth-order valence-corrected chi connectivity index (χ4v) is 3.79. The standard InChI is InChI=1S/C16H22FN3O/c17-13-3-1-12(2-4-13)14-11-19-15(21)16(14)5-8-20(9-6-16)10-7-18/h1-4,14H,5-11,18H2,(H,19,21). The molecule has 3 rings (SSSR count). The first-order valence-electron chi connectivity index (χ1n) is 7.62. The van der Waals surface area contributed by atoms with Gasteiger partial charge in [0.15, 0.2) is 0 Å². The number of amides is 1. The number of likely N-dealkylation sites (tertiary alicyclic amines) is 1. The van der Waals surface area contributed by atoms with Gasteiger partial charge >= 0.3 is 0 Å². The Morgan fingerprint density at radius 3 is 2.57 bits per heavy atom. The van der Waals surface area contributed by atoms with E-state index >= 15 is 0 Å². The van der Waals surface area contributed by atoms with Crippen molar-refractivity contribution in [2.75, 3.05) is 32.7 Å². The maximum absolute atomic E-state index is 13.1. The van der Waals surface area contributed by atoms with Crippen molar-refractivity contribution in [1.29, 1.82) is 0 Å². The molecule has 1 unspecified atom stereocenters. The molecule has 0 aliphatic carbocycles.